The van der Waals surface area contributed by atoms with E-state index < -0.39 is 66.3 Å². The van der Waals surface area contributed by atoms with Crippen molar-refractivity contribution in [3.8, 4) is 0 Å². The van der Waals surface area contributed by atoms with E-state index in [-0.39, 0.29) is 25.7 Å². The first-order chi connectivity index (χ1) is 13.8. The maximum Gasteiger partial charge on any atom is 0.328 e. The van der Waals surface area contributed by atoms with Gasteiger partial charge in [0.05, 0.1) is 18.7 Å². The molecule has 0 aliphatic carbocycles. The van der Waals surface area contributed by atoms with Crippen LogP contribution in [0.15, 0.2) is 0 Å². The standard InChI is InChI=1S/C16H28N6O8/c1-7(23)13(16(29)30)22-15(28)9(3-5-11(19)25)21-12(26)6-20-14(27)8(17)2-4-10(18)24/h7-9,13,23H,2-6,17H2,1H3,(H2,18,24)(H2,19,25)(H,20,27)(H,21,26)(H,22,28)(H,29,30). The number of hydrogen-bond acceptors (Lipinski definition) is 8. The zero-order valence-electron chi connectivity index (χ0n) is 16.4. The van der Waals surface area contributed by atoms with Crippen molar-refractivity contribution in [2.45, 2.75) is 56.8 Å². The number of carboxylic acid groups (broad SMARTS) is 1. The Labute approximate surface area is 171 Å². The Morgan fingerprint density at radius 3 is 1.90 bits per heavy atom. The molecule has 0 radical (unpaired) electrons. The fourth-order valence-corrected chi connectivity index (χ4v) is 2.17. The molecular weight excluding hydrogens is 404 g/mol. The van der Waals surface area contributed by atoms with Crippen LogP contribution in [0.1, 0.15) is 32.6 Å². The number of nitrogens with two attached hydrogens (primary N) is 3. The van der Waals surface area contributed by atoms with Crippen molar-refractivity contribution < 1.29 is 39.0 Å². The van der Waals surface area contributed by atoms with Gasteiger partial charge in [0.15, 0.2) is 6.04 Å². The van der Waals surface area contributed by atoms with E-state index in [2.05, 4.69) is 10.6 Å². The number of carbonyl (C=O) groups is 6. The monoisotopic (exact) mass is 432 g/mol. The molecule has 0 aliphatic rings. The average Bonchev–Trinajstić information content (AvgIpc) is 2.64. The lowest BCUT2D eigenvalue weighted by Crippen LogP contribution is -2.56. The van der Waals surface area contributed by atoms with Crippen LogP contribution in [-0.2, 0) is 28.8 Å². The third-order valence-electron chi connectivity index (χ3n) is 3.84. The van der Waals surface area contributed by atoms with E-state index in [9.17, 15) is 33.9 Å². The molecule has 0 aliphatic heterocycles. The highest BCUT2D eigenvalue weighted by molar-refractivity contribution is 5.93. The van der Waals surface area contributed by atoms with Crippen molar-refractivity contribution in [3.05, 3.63) is 0 Å². The maximum absolute atomic E-state index is 12.3. The lowest BCUT2D eigenvalue weighted by molar-refractivity contribution is -0.145. The second-order valence-electron chi connectivity index (χ2n) is 6.52. The van der Waals surface area contributed by atoms with E-state index >= 15 is 0 Å². The van der Waals surface area contributed by atoms with Gasteiger partial charge >= 0.3 is 5.97 Å². The number of carboxylic acids is 1. The Morgan fingerprint density at radius 2 is 1.43 bits per heavy atom. The molecule has 0 aromatic carbocycles. The lowest BCUT2D eigenvalue weighted by atomic mass is 10.1. The molecule has 0 heterocycles. The van der Waals surface area contributed by atoms with Gasteiger partial charge in [-0.1, -0.05) is 0 Å². The number of aliphatic hydroxyl groups excluding tert-OH is 1. The van der Waals surface area contributed by atoms with Crippen molar-refractivity contribution in [2.75, 3.05) is 6.54 Å². The minimum Gasteiger partial charge on any atom is -0.480 e. The SMILES string of the molecule is CC(O)C(NC(=O)C(CCC(N)=O)NC(=O)CNC(=O)C(N)CCC(N)=O)C(=O)O. The minimum atomic E-state index is -1.64. The summed E-state index contributed by atoms with van der Waals surface area (Å²) < 4.78 is 0. The van der Waals surface area contributed by atoms with Gasteiger partial charge in [0.25, 0.3) is 0 Å². The lowest BCUT2D eigenvalue weighted by Gasteiger charge is -2.22. The molecule has 0 spiro atoms. The molecule has 0 aromatic rings. The van der Waals surface area contributed by atoms with Crippen molar-refractivity contribution in [3.63, 3.8) is 0 Å². The van der Waals surface area contributed by atoms with Gasteiger partial charge in [0.2, 0.25) is 29.5 Å². The first-order valence-corrected chi connectivity index (χ1v) is 8.95. The summed E-state index contributed by atoms with van der Waals surface area (Å²) in [5.74, 6) is -5.45. The van der Waals surface area contributed by atoms with E-state index in [4.69, 9.17) is 22.3 Å². The van der Waals surface area contributed by atoms with E-state index in [1.807, 2.05) is 5.32 Å². The topological polar surface area (TPSA) is 257 Å². The van der Waals surface area contributed by atoms with Crippen molar-refractivity contribution in [1.82, 2.24) is 16.0 Å². The van der Waals surface area contributed by atoms with Crippen LogP contribution >= 0.6 is 0 Å². The summed E-state index contributed by atoms with van der Waals surface area (Å²) in [6.07, 6.45) is -2.12. The van der Waals surface area contributed by atoms with Crippen molar-refractivity contribution in [2.24, 2.45) is 17.2 Å². The highest BCUT2D eigenvalue weighted by atomic mass is 16.4. The van der Waals surface area contributed by atoms with Gasteiger partial charge in [-0.3, -0.25) is 24.0 Å². The summed E-state index contributed by atoms with van der Waals surface area (Å²) in [5.41, 5.74) is 15.5. The molecule has 5 amide bonds. The smallest absolute Gasteiger partial charge is 0.328 e. The Kier molecular flexibility index (Phi) is 11.6. The van der Waals surface area contributed by atoms with Gasteiger partial charge in [-0.15, -0.1) is 0 Å². The molecule has 14 heteroatoms. The molecule has 0 aromatic heterocycles. The fourth-order valence-electron chi connectivity index (χ4n) is 2.17. The van der Waals surface area contributed by atoms with Crippen LogP contribution in [-0.4, -0.2) is 76.5 Å². The molecule has 4 atom stereocenters. The Morgan fingerprint density at radius 1 is 0.900 bits per heavy atom. The summed E-state index contributed by atoms with van der Waals surface area (Å²) in [7, 11) is 0. The molecule has 0 saturated heterocycles. The van der Waals surface area contributed by atoms with Crippen LogP contribution in [0.2, 0.25) is 0 Å². The van der Waals surface area contributed by atoms with Crippen LogP contribution in [0.5, 0.6) is 0 Å². The van der Waals surface area contributed by atoms with Gasteiger partial charge in [0.1, 0.15) is 6.04 Å². The summed E-state index contributed by atoms with van der Waals surface area (Å²) >= 11 is 0. The molecule has 0 fully saturated rings. The number of hydrogen-bond donors (Lipinski definition) is 8. The average molecular weight is 432 g/mol. The number of aliphatic carboxylic acids is 1. The van der Waals surface area contributed by atoms with Gasteiger partial charge in [-0.25, -0.2) is 4.79 Å². The largest absolute Gasteiger partial charge is 0.480 e. The van der Waals surface area contributed by atoms with Crippen LogP contribution in [0.3, 0.4) is 0 Å². The first kappa shape index (κ1) is 26.7. The molecule has 0 bridgehead atoms. The molecule has 0 saturated carbocycles. The van der Waals surface area contributed by atoms with Gasteiger partial charge in [-0.05, 0) is 19.8 Å². The Bertz CT molecular complexity index is 668. The van der Waals surface area contributed by atoms with E-state index in [1.165, 1.54) is 0 Å². The molecule has 11 N–H and O–H groups in total. The first-order valence-electron chi connectivity index (χ1n) is 8.95. The predicted molar refractivity (Wildman–Crippen MR) is 101 cm³/mol. The molecule has 170 valence electrons. The molecular formula is C16H28N6O8. The second kappa shape index (κ2) is 13.1. The van der Waals surface area contributed by atoms with Crippen LogP contribution < -0.4 is 33.2 Å². The number of aliphatic hydroxyl groups is 1. The number of carbonyl (C=O) groups excluding carboxylic acids is 5. The van der Waals surface area contributed by atoms with Crippen molar-refractivity contribution >= 4 is 35.5 Å². The highest BCUT2D eigenvalue weighted by Gasteiger charge is 2.29. The van der Waals surface area contributed by atoms with Crippen LogP contribution in [0.25, 0.3) is 0 Å². The van der Waals surface area contributed by atoms with Gasteiger partial charge in [-0.2, -0.15) is 0 Å². The number of amides is 5. The van der Waals surface area contributed by atoms with E-state index in [1.54, 1.807) is 0 Å². The third kappa shape index (κ3) is 10.9. The zero-order chi connectivity index (χ0) is 23.4. The van der Waals surface area contributed by atoms with Crippen LogP contribution in [0, 0.1) is 0 Å². The van der Waals surface area contributed by atoms with Gasteiger partial charge in [0, 0.05) is 12.8 Å². The van der Waals surface area contributed by atoms with Crippen molar-refractivity contribution in [1.29, 1.82) is 0 Å². The van der Waals surface area contributed by atoms with Gasteiger partial charge < -0.3 is 43.4 Å². The minimum absolute atomic E-state index is 0.0254. The molecule has 4 unspecified atom stereocenters. The van der Waals surface area contributed by atoms with Crippen LogP contribution in [0.4, 0.5) is 0 Å². The fraction of sp³-hybridized carbons (Fsp3) is 0.625. The van der Waals surface area contributed by atoms with E-state index in [0.717, 1.165) is 6.92 Å². The summed E-state index contributed by atoms with van der Waals surface area (Å²) in [6.45, 7) is 0.565. The number of rotatable bonds is 14. The second-order valence-corrected chi connectivity index (χ2v) is 6.52. The number of nitrogens with one attached hydrogen (secondary N) is 3. The summed E-state index contributed by atoms with van der Waals surface area (Å²) in [6, 6.07) is -4.08. The Hall–Kier alpha value is -3.26. The van der Waals surface area contributed by atoms with E-state index in [0.29, 0.717) is 0 Å². The normalized spacial score (nSPS) is 14.5. The molecule has 0 rings (SSSR count). The number of primary amides is 2. The Balaban J connectivity index is 4.90. The quantitative estimate of drug-likeness (QED) is 0.131. The summed E-state index contributed by atoms with van der Waals surface area (Å²) in [5, 5.41) is 25.0. The molecule has 30 heavy (non-hydrogen) atoms. The third-order valence-corrected chi connectivity index (χ3v) is 3.84. The maximum atomic E-state index is 12.3. The highest BCUT2D eigenvalue weighted by Crippen LogP contribution is 2.01. The molecule has 14 nitrogen and oxygen atoms in total. The predicted octanol–water partition coefficient (Wildman–Crippen LogP) is -4.60. The summed E-state index contributed by atoms with van der Waals surface area (Å²) in [4.78, 5) is 68.9. The zero-order valence-corrected chi connectivity index (χ0v) is 16.4.